The standard InChI is InChI=1S/C20H16F3N3O5/c1-30-11-10-24-18(27)16-17(14-4-2-3-5-15(14)26(28)29)31-19(25-16)12-6-8-13(9-7-12)20(21,22)23/h2-9H,10-11H2,1H3,(H,24,27). The van der Waals surface area contributed by atoms with E-state index in [1.165, 1.54) is 31.4 Å². The summed E-state index contributed by atoms with van der Waals surface area (Å²) in [7, 11) is 1.45. The monoisotopic (exact) mass is 435 g/mol. The number of hydrogen-bond donors (Lipinski definition) is 1. The van der Waals surface area contributed by atoms with Crippen LogP contribution in [-0.4, -0.2) is 36.1 Å². The quantitative estimate of drug-likeness (QED) is 0.337. The van der Waals surface area contributed by atoms with Gasteiger partial charge in [-0.3, -0.25) is 14.9 Å². The normalized spacial score (nSPS) is 11.4. The summed E-state index contributed by atoms with van der Waals surface area (Å²) in [6, 6.07) is 9.59. The molecule has 1 N–H and O–H groups in total. The number of methoxy groups -OCH3 is 1. The van der Waals surface area contributed by atoms with E-state index >= 15 is 0 Å². The number of nitrogens with zero attached hydrogens (tertiary/aromatic N) is 2. The first-order valence-corrected chi connectivity index (χ1v) is 8.91. The number of halogens is 3. The van der Waals surface area contributed by atoms with Crippen molar-refractivity contribution < 1.29 is 32.0 Å². The van der Waals surface area contributed by atoms with Crippen molar-refractivity contribution in [3.63, 3.8) is 0 Å². The molecule has 0 unspecified atom stereocenters. The van der Waals surface area contributed by atoms with Crippen LogP contribution in [0.25, 0.3) is 22.8 Å². The van der Waals surface area contributed by atoms with Gasteiger partial charge in [0.05, 0.1) is 22.7 Å². The topological polar surface area (TPSA) is 108 Å². The van der Waals surface area contributed by atoms with Gasteiger partial charge in [0.1, 0.15) is 0 Å². The third-order valence-electron chi connectivity index (χ3n) is 4.24. The number of para-hydroxylation sites is 1. The van der Waals surface area contributed by atoms with E-state index in [4.69, 9.17) is 9.15 Å². The van der Waals surface area contributed by atoms with E-state index in [0.717, 1.165) is 24.3 Å². The molecule has 0 saturated heterocycles. The van der Waals surface area contributed by atoms with E-state index in [1.807, 2.05) is 0 Å². The molecule has 0 fully saturated rings. The van der Waals surface area contributed by atoms with Crippen molar-refractivity contribution in [1.29, 1.82) is 0 Å². The number of carbonyl (C=O) groups is 1. The SMILES string of the molecule is COCCNC(=O)c1nc(-c2ccc(C(F)(F)F)cc2)oc1-c1ccccc1[N+](=O)[O-]. The molecule has 1 amide bonds. The van der Waals surface area contributed by atoms with E-state index in [2.05, 4.69) is 10.3 Å². The summed E-state index contributed by atoms with van der Waals surface area (Å²) in [6.07, 6.45) is -4.52. The molecule has 0 atom stereocenters. The van der Waals surface area contributed by atoms with Gasteiger partial charge in [0, 0.05) is 25.3 Å². The van der Waals surface area contributed by atoms with Crippen LogP contribution in [0.5, 0.6) is 0 Å². The van der Waals surface area contributed by atoms with Crippen LogP contribution in [0.1, 0.15) is 16.1 Å². The van der Waals surface area contributed by atoms with Crippen molar-refractivity contribution in [2.75, 3.05) is 20.3 Å². The van der Waals surface area contributed by atoms with E-state index in [0.29, 0.717) is 0 Å². The molecular formula is C20H16F3N3O5. The fourth-order valence-corrected chi connectivity index (χ4v) is 2.76. The van der Waals surface area contributed by atoms with Gasteiger partial charge in [-0.05, 0) is 30.3 Å². The van der Waals surface area contributed by atoms with Crippen LogP contribution in [0.3, 0.4) is 0 Å². The predicted molar refractivity (Wildman–Crippen MR) is 103 cm³/mol. The maximum absolute atomic E-state index is 12.8. The van der Waals surface area contributed by atoms with Crippen molar-refractivity contribution in [1.82, 2.24) is 10.3 Å². The molecule has 0 bridgehead atoms. The zero-order valence-electron chi connectivity index (χ0n) is 16.1. The Hall–Kier alpha value is -3.73. The second-order valence-corrected chi connectivity index (χ2v) is 6.29. The predicted octanol–water partition coefficient (Wildman–Crippen LogP) is 4.31. The summed E-state index contributed by atoms with van der Waals surface area (Å²) in [5, 5.41) is 14.0. The Kier molecular flexibility index (Phi) is 6.35. The van der Waals surface area contributed by atoms with Crippen molar-refractivity contribution >= 4 is 11.6 Å². The van der Waals surface area contributed by atoms with Crippen LogP contribution < -0.4 is 5.32 Å². The van der Waals surface area contributed by atoms with Crippen LogP contribution in [0.15, 0.2) is 52.9 Å². The number of alkyl halides is 3. The fourth-order valence-electron chi connectivity index (χ4n) is 2.76. The van der Waals surface area contributed by atoms with Gasteiger partial charge in [0.25, 0.3) is 11.6 Å². The van der Waals surface area contributed by atoms with Gasteiger partial charge < -0.3 is 14.5 Å². The van der Waals surface area contributed by atoms with E-state index < -0.39 is 22.6 Å². The molecule has 8 nitrogen and oxygen atoms in total. The summed E-state index contributed by atoms with van der Waals surface area (Å²) in [6.45, 7) is 0.365. The van der Waals surface area contributed by atoms with Gasteiger partial charge in [-0.2, -0.15) is 13.2 Å². The molecule has 3 aromatic rings. The summed E-state index contributed by atoms with van der Waals surface area (Å²) >= 11 is 0. The molecule has 0 aliphatic carbocycles. The average Bonchev–Trinajstić information content (AvgIpc) is 3.19. The van der Waals surface area contributed by atoms with E-state index in [-0.39, 0.29) is 47.3 Å². The average molecular weight is 435 g/mol. The van der Waals surface area contributed by atoms with Gasteiger partial charge in [-0.15, -0.1) is 0 Å². The van der Waals surface area contributed by atoms with Gasteiger partial charge in [0.2, 0.25) is 5.89 Å². The summed E-state index contributed by atoms with van der Waals surface area (Å²) in [5.74, 6) is -0.997. The Morgan fingerprint density at radius 2 is 1.87 bits per heavy atom. The lowest BCUT2D eigenvalue weighted by Gasteiger charge is -2.06. The minimum Gasteiger partial charge on any atom is -0.435 e. The van der Waals surface area contributed by atoms with Crippen molar-refractivity contribution in [3.05, 3.63) is 69.9 Å². The number of carbonyl (C=O) groups excluding carboxylic acids is 1. The summed E-state index contributed by atoms with van der Waals surface area (Å²) < 4.78 is 49.0. The molecule has 0 aliphatic rings. The number of nitro groups is 1. The number of aromatic nitrogens is 1. The Bertz CT molecular complexity index is 1090. The highest BCUT2D eigenvalue weighted by Gasteiger charge is 2.31. The number of benzene rings is 2. The van der Waals surface area contributed by atoms with Gasteiger partial charge in [-0.1, -0.05) is 12.1 Å². The minimum atomic E-state index is -4.52. The molecule has 0 saturated carbocycles. The van der Waals surface area contributed by atoms with Crippen molar-refractivity contribution in [2.24, 2.45) is 0 Å². The van der Waals surface area contributed by atoms with Gasteiger partial charge in [0.15, 0.2) is 11.5 Å². The largest absolute Gasteiger partial charge is 0.435 e. The van der Waals surface area contributed by atoms with Crippen LogP contribution in [0.2, 0.25) is 0 Å². The smallest absolute Gasteiger partial charge is 0.416 e. The molecule has 0 spiro atoms. The van der Waals surface area contributed by atoms with E-state index in [9.17, 15) is 28.1 Å². The Morgan fingerprint density at radius 1 is 1.19 bits per heavy atom. The lowest BCUT2D eigenvalue weighted by Crippen LogP contribution is -2.27. The molecule has 0 radical (unpaired) electrons. The highest BCUT2D eigenvalue weighted by molar-refractivity contribution is 5.99. The molecule has 31 heavy (non-hydrogen) atoms. The molecule has 1 heterocycles. The van der Waals surface area contributed by atoms with E-state index in [1.54, 1.807) is 0 Å². The van der Waals surface area contributed by atoms with Crippen LogP contribution in [0, 0.1) is 10.1 Å². The molecule has 1 aromatic heterocycles. The second-order valence-electron chi connectivity index (χ2n) is 6.29. The highest BCUT2D eigenvalue weighted by Crippen LogP contribution is 2.36. The third-order valence-corrected chi connectivity index (χ3v) is 4.24. The van der Waals surface area contributed by atoms with Crippen LogP contribution >= 0.6 is 0 Å². The summed E-state index contributed by atoms with van der Waals surface area (Å²) in [5.41, 5.74) is -1.23. The first-order valence-electron chi connectivity index (χ1n) is 8.91. The number of oxazole rings is 1. The number of ether oxygens (including phenoxy) is 1. The first-order chi connectivity index (χ1) is 14.7. The second kappa shape index (κ2) is 8.96. The number of rotatable bonds is 7. The van der Waals surface area contributed by atoms with Crippen molar-refractivity contribution in [2.45, 2.75) is 6.18 Å². The zero-order valence-corrected chi connectivity index (χ0v) is 16.1. The van der Waals surface area contributed by atoms with Crippen LogP contribution in [0.4, 0.5) is 18.9 Å². The third kappa shape index (κ3) is 4.89. The van der Waals surface area contributed by atoms with Gasteiger partial charge >= 0.3 is 6.18 Å². The molecule has 3 rings (SSSR count). The maximum atomic E-state index is 12.8. The maximum Gasteiger partial charge on any atom is 0.416 e. The number of hydrogen-bond acceptors (Lipinski definition) is 6. The Morgan fingerprint density at radius 3 is 2.48 bits per heavy atom. The Labute approximate surface area is 173 Å². The molecule has 2 aromatic carbocycles. The van der Waals surface area contributed by atoms with Gasteiger partial charge in [-0.25, -0.2) is 4.98 Å². The summed E-state index contributed by atoms with van der Waals surface area (Å²) in [4.78, 5) is 27.5. The van der Waals surface area contributed by atoms with Crippen LogP contribution in [-0.2, 0) is 10.9 Å². The highest BCUT2D eigenvalue weighted by atomic mass is 19.4. The minimum absolute atomic E-state index is 0.00931. The van der Waals surface area contributed by atoms with Crippen molar-refractivity contribution in [3.8, 4) is 22.8 Å². The lowest BCUT2D eigenvalue weighted by atomic mass is 10.1. The lowest BCUT2D eigenvalue weighted by molar-refractivity contribution is -0.384. The molecule has 0 aliphatic heterocycles. The molecule has 162 valence electrons. The fraction of sp³-hybridized carbons (Fsp3) is 0.200. The molecule has 11 heteroatoms. The first kappa shape index (κ1) is 22.0. The number of amides is 1. The molecular weight excluding hydrogens is 419 g/mol. The Balaban J connectivity index is 2.08. The number of nitrogens with one attached hydrogen (secondary N) is 1. The number of nitro benzene ring substituents is 1. The zero-order chi connectivity index (χ0) is 22.6.